The lowest BCUT2D eigenvalue weighted by molar-refractivity contribution is -0.133. The molecule has 0 aliphatic carbocycles. The zero-order valence-corrected chi connectivity index (χ0v) is 18.8. The molecule has 1 aliphatic heterocycles. The van der Waals surface area contributed by atoms with Gasteiger partial charge in [-0.15, -0.1) is 0 Å². The van der Waals surface area contributed by atoms with Crippen molar-refractivity contribution in [1.82, 2.24) is 26.1 Å². The van der Waals surface area contributed by atoms with Gasteiger partial charge >= 0.3 is 0 Å². The molecule has 0 radical (unpaired) electrons. The van der Waals surface area contributed by atoms with E-state index in [0.717, 1.165) is 17.8 Å². The Bertz CT molecular complexity index is 1190. The summed E-state index contributed by atoms with van der Waals surface area (Å²) in [5, 5.41) is 12.8. The molecular weight excluding hydrogens is 444 g/mol. The molecule has 1 fully saturated rings. The molecule has 8 nitrogen and oxygen atoms in total. The van der Waals surface area contributed by atoms with Crippen LogP contribution in [0, 0.1) is 17.0 Å². The first-order valence-corrected chi connectivity index (χ1v) is 10.9. The van der Waals surface area contributed by atoms with Gasteiger partial charge in [0, 0.05) is 30.9 Å². The molecule has 3 heterocycles. The molecule has 3 aromatic rings. The fourth-order valence-electron chi connectivity index (χ4n) is 4.00. The predicted octanol–water partition coefficient (Wildman–Crippen LogP) is 2.99. The van der Waals surface area contributed by atoms with Gasteiger partial charge in [0.25, 0.3) is 5.91 Å². The van der Waals surface area contributed by atoms with E-state index in [0.29, 0.717) is 19.5 Å². The Hall–Kier alpha value is -3.66. The van der Waals surface area contributed by atoms with E-state index in [9.17, 15) is 18.4 Å². The quantitative estimate of drug-likeness (QED) is 0.512. The Labute approximate surface area is 195 Å². The van der Waals surface area contributed by atoms with Crippen molar-refractivity contribution in [3.05, 3.63) is 71.7 Å². The Kier molecular flexibility index (Phi) is 6.69. The third-order valence-corrected chi connectivity index (χ3v) is 6.11. The van der Waals surface area contributed by atoms with Gasteiger partial charge in [0.05, 0.1) is 22.7 Å². The second kappa shape index (κ2) is 9.68. The number of carbonyl (C=O) groups is 2. The predicted molar refractivity (Wildman–Crippen MR) is 119 cm³/mol. The van der Waals surface area contributed by atoms with Crippen LogP contribution in [0.1, 0.15) is 42.5 Å². The molecule has 10 heteroatoms. The van der Waals surface area contributed by atoms with Crippen LogP contribution in [-0.2, 0) is 4.79 Å². The lowest BCUT2D eigenvalue weighted by Gasteiger charge is -2.41. The molecule has 1 saturated heterocycles. The lowest BCUT2D eigenvalue weighted by Crippen LogP contribution is -2.62. The number of carbonyl (C=O) groups excluding carboxylic acids is 2. The maximum absolute atomic E-state index is 14.1. The number of aromatic nitrogens is 2. The molecule has 2 amide bonds. The average Bonchev–Trinajstić information content (AvgIpc) is 3.31. The molecule has 4 rings (SSSR count). The van der Waals surface area contributed by atoms with Gasteiger partial charge in [0.1, 0.15) is 11.6 Å². The highest BCUT2D eigenvalue weighted by Gasteiger charge is 2.44. The Morgan fingerprint density at radius 1 is 1.24 bits per heavy atom. The summed E-state index contributed by atoms with van der Waals surface area (Å²) in [4.78, 5) is 30.4. The number of halogens is 2. The van der Waals surface area contributed by atoms with Gasteiger partial charge in [-0.25, -0.2) is 8.78 Å². The minimum absolute atomic E-state index is 0.00217. The Morgan fingerprint density at radius 2 is 2.06 bits per heavy atom. The number of amides is 2. The molecular formula is C24H25F2N5O3. The fraction of sp³-hybridized carbons (Fsp3) is 0.333. The fourth-order valence-corrected chi connectivity index (χ4v) is 4.00. The SMILES string of the molecule is C[C@@H](NC(=O)[C@]1(C)CNCC[C@H]1NC(=O)c1cc(-c2ccc(F)cc2F)on1)c1ccccn1. The average molecular weight is 469 g/mol. The number of nitrogens with one attached hydrogen (secondary N) is 3. The first-order valence-electron chi connectivity index (χ1n) is 10.9. The van der Waals surface area contributed by atoms with Gasteiger partial charge < -0.3 is 20.5 Å². The topological polar surface area (TPSA) is 109 Å². The second-order valence-corrected chi connectivity index (χ2v) is 8.56. The number of benzene rings is 1. The number of rotatable bonds is 6. The summed E-state index contributed by atoms with van der Waals surface area (Å²) < 4.78 is 32.3. The standard InChI is InChI=1S/C24H25F2N5O3/c1-14(18-5-3-4-9-28-18)29-23(33)24(2)13-27-10-8-21(24)30-22(32)19-12-20(34-31-19)16-7-6-15(25)11-17(16)26/h3-7,9,11-12,14,21,27H,8,10,13H2,1-2H3,(H,29,33)(H,30,32)/t14-,21-,24-/m1/s1. The summed E-state index contributed by atoms with van der Waals surface area (Å²) in [7, 11) is 0. The van der Waals surface area contributed by atoms with E-state index < -0.39 is 29.0 Å². The van der Waals surface area contributed by atoms with Crippen molar-refractivity contribution in [3.8, 4) is 11.3 Å². The highest BCUT2D eigenvalue weighted by atomic mass is 19.1. The third-order valence-electron chi connectivity index (χ3n) is 6.11. The van der Waals surface area contributed by atoms with Gasteiger partial charge in [0.15, 0.2) is 11.5 Å². The molecule has 3 N–H and O–H groups in total. The Balaban J connectivity index is 1.48. The number of nitrogens with zero attached hydrogens (tertiary/aromatic N) is 2. The Morgan fingerprint density at radius 3 is 2.79 bits per heavy atom. The summed E-state index contributed by atoms with van der Waals surface area (Å²) in [5.74, 6) is -2.33. The van der Waals surface area contributed by atoms with Crippen LogP contribution in [0.2, 0.25) is 0 Å². The van der Waals surface area contributed by atoms with Crippen LogP contribution in [0.4, 0.5) is 8.78 Å². The van der Waals surface area contributed by atoms with Gasteiger partial charge in [-0.2, -0.15) is 0 Å². The molecule has 0 bridgehead atoms. The first-order chi connectivity index (χ1) is 16.3. The van der Waals surface area contributed by atoms with Crippen LogP contribution in [-0.4, -0.2) is 41.1 Å². The van der Waals surface area contributed by atoms with Crippen LogP contribution < -0.4 is 16.0 Å². The maximum Gasteiger partial charge on any atom is 0.273 e. The van der Waals surface area contributed by atoms with Gasteiger partial charge in [0.2, 0.25) is 5.91 Å². The van der Waals surface area contributed by atoms with Crippen LogP contribution >= 0.6 is 0 Å². The van der Waals surface area contributed by atoms with Crippen molar-refractivity contribution < 1.29 is 22.9 Å². The minimum atomic E-state index is -0.938. The molecule has 1 aliphatic rings. The van der Waals surface area contributed by atoms with E-state index in [2.05, 4.69) is 26.1 Å². The molecule has 3 atom stereocenters. The maximum atomic E-state index is 14.1. The van der Waals surface area contributed by atoms with E-state index in [1.54, 1.807) is 19.2 Å². The molecule has 0 unspecified atom stereocenters. The van der Waals surface area contributed by atoms with Crippen molar-refractivity contribution in [3.63, 3.8) is 0 Å². The van der Waals surface area contributed by atoms with Crippen molar-refractivity contribution in [1.29, 1.82) is 0 Å². The highest BCUT2D eigenvalue weighted by Crippen LogP contribution is 2.29. The zero-order valence-electron chi connectivity index (χ0n) is 18.8. The monoisotopic (exact) mass is 469 g/mol. The molecule has 34 heavy (non-hydrogen) atoms. The minimum Gasteiger partial charge on any atom is -0.355 e. The molecule has 0 spiro atoms. The summed E-state index contributed by atoms with van der Waals surface area (Å²) in [5.41, 5.74) is -0.289. The highest BCUT2D eigenvalue weighted by molar-refractivity contribution is 5.94. The van der Waals surface area contributed by atoms with Crippen molar-refractivity contribution in [2.75, 3.05) is 13.1 Å². The van der Waals surface area contributed by atoms with Crippen LogP contribution in [0.15, 0.2) is 53.2 Å². The zero-order chi connectivity index (χ0) is 24.3. The van der Waals surface area contributed by atoms with Gasteiger partial charge in [-0.3, -0.25) is 14.6 Å². The van der Waals surface area contributed by atoms with Crippen LogP contribution in [0.3, 0.4) is 0 Å². The number of piperidine rings is 1. The normalized spacial score (nSPS) is 21.0. The van der Waals surface area contributed by atoms with Gasteiger partial charge in [-0.1, -0.05) is 11.2 Å². The van der Waals surface area contributed by atoms with Crippen LogP contribution in [0.5, 0.6) is 0 Å². The van der Waals surface area contributed by atoms with E-state index in [1.807, 2.05) is 19.1 Å². The number of hydrogen-bond acceptors (Lipinski definition) is 6. The summed E-state index contributed by atoms with van der Waals surface area (Å²) in [6.45, 7) is 4.61. The first kappa shape index (κ1) is 23.5. The van der Waals surface area contributed by atoms with E-state index >= 15 is 0 Å². The number of pyridine rings is 1. The van der Waals surface area contributed by atoms with E-state index in [4.69, 9.17) is 4.52 Å². The summed E-state index contributed by atoms with van der Waals surface area (Å²) in [6.07, 6.45) is 2.18. The second-order valence-electron chi connectivity index (χ2n) is 8.56. The van der Waals surface area contributed by atoms with Crippen molar-refractivity contribution in [2.24, 2.45) is 5.41 Å². The summed E-state index contributed by atoms with van der Waals surface area (Å²) >= 11 is 0. The van der Waals surface area contributed by atoms with E-state index in [-0.39, 0.29) is 29.0 Å². The third kappa shape index (κ3) is 4.81. The van der Waals surface area contributed by atoms with Crippen molar-refractivity contribution >= 4 is 11.8 Å². The molecule has 178 valence electrons. The van der Waals surface area contributed by atoms with Crippen molar-refractivity contribution in [2.45, 2.75) is 32.4 Å². The molecule has 0 saturated carbocycles. The van der Waals surface area contributed by atoms with Gasteiger partial charge in [-0.05, 0) is 51.1 Å². The van der Waals surface area contributed by atoms with E-state index in [1.165, 1.54) is 12.1 Å². The van der Waals surface area contributed by atoms with Crippen LogP contribution in [0.25, 0.3) is 11.3 Å². The molecule has 2 aromatic heterocycles. The smallest absolute Gasteiger partial charge is 0.273 e. The lowest BCUT2D eigenvalue weighted by atomic mass is 9.76. The summed E-state index contributed by atoms with van der Waals surface area (Å²) in [6, 6.07) is 8.99. The largest absolute Gasteiger partial charge is 0.355 e. The number of hydrogen-bond donors (Lipinski definition) is 3. The molecule has 1 aromatic carbocycles.